The molecule has 1 aromatic rings. The van der Waals surface area contributed by atoms with E-state index in [4.69, 9.17) is 9.47 Å². The maximum Gasteiger partial charge on any atom is 0.410 e. The molecule has 1 aliphatic rings. The van der Waals surface area contributed by atoms with E-state index in [1.54, 1.807) is 4.90 Å². The minimum Gasteiger partial charge on any atom is -0.469 e. The Morgan fingerprint density at radius 3 is 2.59 bits per heavy atom. The second-order valence-corrected chi connectivity index (χ2v) is 5.93. The van der Waals surface area contributed by atoms with Crippen LogP contribution >= 0.6 is 0 Å². The number of benzene rings is 1. The Morgan fingerprint density at radius 1 is 1.32 bits per heavy atom. The van der Waals surface area contributed by atoms with Crippen LogP contribution in [0.2, 0.25) is 0 Å². The summed E-state index contributed by atoms with van der Waals surface area (Å²) in [5.41, 5.74) is 0.285. The molecule has 1 aliphatic heterocycles. The molecule has 0 aliphatic carbocycles. The van der Waals surface area contributed by atoms with Gasteiger partial charge in [-0.1, -0.05) is 43.7 Å². The van der Waals surface area contributed by atoms with Gasteiger partial charge in [0.15, 0.2) is 0 Å². The number of hydrogen-bond acceptors (Lipinski definition) is 4. The van der Waals surface area contributed by atoms with Crippen LogP contribution in [-0.4, -0.2) is 37.2 Å². The summed E-state index contributed by atoms with van der Waals surface area (Å²) in [5.74, 6) is -0.179. The minimum absolute atomic E-state index is 0.0872. The molecule has 1 heterocycles. The van der Waals surface area contributed by atoms with Gasteiger partial charge in [-0.2, -0.15) is 0 Å². The smallest absolute Gasteiger partial charge is 0.410 e. The summed E-state index contributed by atoms with van der Waals surface area (Å²) in [6.07, 6.45) is 0.434. The average Bonchev–Trinajstić information content (AvgIpc) is 2.91. The first-order valence-corrected chi connectivity index (χ1v) is 7.55. The van der Waals surface area contributed by atoms with Gasteiger partial charge in [0.2, 0.25) is 0 Å². The predicted molar refractivity (Wildman–Crippen MR) is 82.1 cm³/mol. The molecule has 120 valence electrons. The summed E-state index contributed by atoms with van der Waals surface area (Å²) < 4.78 is 10.3. The molecule has 1 fully saturated rings. The van der Waals surface area contributed by atoms with Crippen LogP contribution in [0.15, 0.2) is 30.3 Å². The normalized spacial score (nSPS) is 24.1. The Labute approximate surface area is 131 Å². The van der Waals surface area contributed by atoms with Crippen LogP contribution in [0, 0.1) is 11.3 Å². The fourth-order valence-corrected chi connectivity index (χ4v) is 3.05. The zero-order valence-electron chi connectivity index (χ0n) is 13.4. The molecule has 22 heavy (non-hydrogen) atoms. The molecule has 0 N–H and O–H groups in total. The monoisotopic (exact) mass is 305 g/mol. The van der Waals surface area contributed by atoms with Crippen molar-refractivity contribution in [2.45, 2.75) is 26.9 Å². The third-order valence-electron chi connectivity index (χ3n) is 4.47. The van der Waals surface area contributed by atoms with Gasteiger partial charge in [-0.3, -0.25) is 4.79 Å². The van der Waals surface area contributed by atoms with Crippen LogP contribution in [0.25, 0.3) is 0 Å². The van der Waals surface area contributed by atoms with Crippen molar-refractivity contribution in [3.63, 3.8) is 0 Å². The maximum atomic E-state index is 12.2. The predicted octanol–water partition coefficient (Wildman–Crippen LogP) is 2.84. The maximum absolute atomic E-state index is 12.2. The van der Waals surface area contributed by atoms with Gasteiger partial charge in [0.1, 0.15) is 6.61 Å². The lowest BCUT2D eigenvalue weighted by Crippen LogP contribution is -2.38. The Kier molecular flexibility index (Phi) is 5.06. The molecule has 0 saturated carbocycles. The summed E-state index contributed by atoms with van der Waals surface area (Å²) in [4.78, 5) is 25.9. The number of esters is 1. The molecule has 5 heteroatoms. The molecule has 1 saturated heterocycles. The Balaban J connectivity index is 1.98. The summed E-state index contributed by atoms with van der Waals surface area (Å²) >= 11 is 0. The van der Waals surface area contributed by atoms with Crippen molar-refractivity contribution in [1.29, 1.82) is 0 Å². The van der Waals surface area contributed by atoms with Gasteiger partial charge in [0.05, 0.1) is 12.5 Å². The van der Waals surface area contributed by atoms with E-state index in [0.717, 1.165) is 12.0 Å². The third kappa shape index (κ3) is 3.24. The van der Waals surface area contributed by atoms with Crippen molar-refractivity contribution < 1.29 is 19.1 Å². The minimum atomic E-state index is -0.657. The molecular weight excluding hydrogens is 282 g/mol. The van der Waals surface area contributed by atoms with E-state index in [9.17, 15) is 9.59 Å². The van der Waals surface area contributed by atoms with E-state index >= 15 is 0 Å². The highest BCUT2D eigenvalue weighted by Gasteiger charge is 2.50. The number of hydrogen-bond donors (Lipinski definition) is 0. The van der Waals surface area contributed by atoms with Gasteiger partial charge in [-0.25, -0.2) is 4.79 Å². The second-order valence-electron chi connectivity index (χ2n) is 5.93. The zero-order valence-corrected chi connectivity index (χ0v) is 13.4. The summed E-state index contributed by atoms with van der Waals surface area (Å²) in [5, 5.41) is 0. The SMILES string of the molecule is CCC1CN(C(=O)OCc2ccccc2)CC1(C)C(=O)OC. The summed E-state index contributed by atoms with van der Waals surface area (Å²) in [6.45, 7) is 4.98. The lowest BCUT2D eigenvalue weighted by molar-refractivity contribution is -0.153. The number of carbonyl (C=O) groups excluding carboxylic acids is 2. The van der Waals surface area contributed by atoms with Gasteiger partial charge >= 0.3 is 12.1 Å². The molecular formula is C17H23NO4. The van der Waals surface area contributed by atoms with Crippen LogP contribution in [0.3, 0.4) is 0 Å². The molecule has 0 spiro atoms. The summed E-state index contributed by atoms with van der Waals surface area (Å²) in [7, 11) is 1.39. The van der Waals surface area contributed by atoms with E-state index in [-0.39, 0.29) is 24.6 Å². The number of carbonyl (C=O) groups is 2. The molecule has 5 nitrogen and oxygen atoms in total. The van der Waals surface area contributed by atoms with Crippen LogP contribution in [-0.2, 0) is 20.9 Å². The van der Waals surface area contributed by atoms with Crippen LogP contribution in [0.5, 0.6) is 0 Å². The molecule has 0 radical (unpaired) electrons. The number of amides is 1. The quantitative estimate of drug-likeness (QED) is 0.803. The van der Waals surface area contributed by atoms with E-state index in [2.05, 4.69) is 0 Å². The standard InChI is InChI=1S/C17H23NO4/c1-4-14-10-18(12-17(14,2)15(19)21-3)16(20)22-11-13-8-6-5-7-9-13/h5-9,14H,4,10-12H2,1-3H3. The largest absolute Gasteiger partial charge is 0.469 e. The van der Waals surface area contributed by atoms with E-state index in [1.807, 2.05) is 44.2 Å². The van der Waals surface area contributed by atoms with Gasteiger partial charge in [0, 0.05) is 13.1 Å². The zero-order chi connectivity index (χ0) is 16.2. The van der Waals surface area contributed by atoms with E-state index in [1.165, 1.54) is 7.11 Å². The third-order valence-corrected chi connectivity index (χ3v) is 4.47. The molecule has 2 rings (SSSR count). The molecule has 0 bridgehead atoms. The second kappa shape index (κ2) is 6.81. The summed E-state index contributed by atoms with van der Waals surface area (Å²) in [6, 6.07) is 9.54. The first-order chi connectivity index (χ1) is 10.5. The Hall–Kier alpha value is -2.04. The number of methoxy groups -OCH3 is 1. The van der Waals surface area contributed by atoms with Gasteiger partial charge in [-0.15, -0.1) is 0 Å². The average molecular weight is 305 g/mol. The van der Waals surface area contributed by atoms with Crippen LogP contribution in [0.1, 0.15) is 25.8 Å². The van der Waals surface area contributed by atoms with E-state index < -0.39 is 5.41 Å². The first kappa shape index (κ1) is 16.3. The molecule has 2 atom stereocenters. The number of rotatable bonds is 4. The highest BCUT2D eigenvalue weighted by Crippen LogP contribution is 2.39. The highest BCUT2D eigenvalue weighted by atomic mass is 16.6. The Morgan fingerprint density at radius 2 is 2.00 bits per heavy atom. The topological polar surface area (TPSA) is 55.8 Å². The number of nitrogens with zero attached hydrogens (tertiary/aromatic N) is 1. The van der Waals surface area contributed by atoms with Gasteiger partial charge in [0.25, 0.3) is 0 Å². The molecule has 0 aromatic heterocycles. The lowest BCUT2D eigenvalue weighted by Gasteiger charge is -2.26. The molecule has 2 unspecified atom stereocenters. The van der Waals surface area contributed by atoms with Crippen molar-refractivity contribution in [2.75, 3.05) is 20.2 Å². The van der Waals surface area contributed by atoms with Crippen molar-refractivity contribution in [3.8, 4) is 0 Å². The first-order valence-electron chi connectivity index (χ1n) is 7.55. The number of ether oxygens (including phenoxy) is 2. The van der Waals surface area contributed by atoms with Gasteiger partial charge in [-0.05, 0) is 18.4 Å². The van der Waals surface area contributed by atoms with Gasteiger partial charge < -0.3 is 14.4 Å². The Bertz CT molecular complexity index is 531. The van der Waals surface area contributed by atoms with Crippen LogP contribution < -0.4 is 0 Å². The van der Waals surface area contributed by atoms with Crippen LogP contribution in [0.4, 0.5) is 4.79 Å². The fraction of sp³-hybridized carbons (Fsp3) is 0.529. The van der Waals surface area contributed by atoms with E-state index in [0.29, 0.717) is 13.1 Å². The van der Waals surface area contributed by atoms with Crippen molar-refractivity contribution in [2.24, 2.45) is 11.3 Å². The highest BCUT2D eigenvalue weighted by molar-refractivity contribution is 5.79. The fourth-order valence-electron chi connectivity index (χ4n) is 3.05. The number of likely N-dealkylation sites (tertiary alicyclic amines) is 1. The van der Waals surface area contributed by atoms with Crippen molar-refractivity contribution in [3.05, 3.63) is 35.9 Å². The van der Waals surface area contributed by atoms with Crippen molar-refractivity contribution in [1.82, 2.24) is 4.90 Å². The van der Waals surface area contributed by atoms with Crippen molar-refractivity contribution >= 4 is 12.1 Å². The molecule has 1 amide bonds. The lowest BCUT2D eigenvalue weighted by atomic mass is 9.78. The molecule has 1 aromatic carbocycles.